The van der Waals surface area contributed by atoms with Gasteiger partial charge >= 0.3 is 0 Å². The molecule has 0 aliphatic heterocycles. The lowest BCUT2D eigenvalue weighted by atomic mass is 10.0. The van der Waals surface area contributed by atoms with E-state index in [9.17, 15) is 0 Å². The Kier molecular flexibility index (Phi) is 5.97. The normalized spacial score (nSPS) is 12.1. The van der Waals surface area contributed by atoms with Crippen LogP contribution in [0.3, 0.4) is 0 Å². The van der Waals surface area contributed by atoms with Gasteiger partial charge in [0.1, 0.15) is 11.9 Å². The number of hydrogen-bond donors (Lipinski definition) is 2. The molecule has 0 bridgehead atoms. The van der Waals surface area contributed by atoms with Crippen LogP contribution in [0.2, 0.25) is 0 Å². The van der Waals surface area contributed by atoms with E-state index in [0.717, 1.165) is 46.5 Å². The van der Waals surface area contributed by atoms with Gasteiger partial charge < -0.3 is 20.0 Å². The molecule has 0 atom stereocenters. The summed E-state index contributed by atoms with van der Waals surface area (Å²) in [7, 11) is 0. The molecule has 4 aromatic rings. The monoisotopic (exact) mass is 424 g/mol. The van der Waals surface area contributed by atoms with Crippen LogP contribution >= 0.6 is 11.8 Å². The van der Waals surface area contributed by atoms with Gasteiger partial charge in [-0.05, 0) is 36.2 Å². The van der Waals surface area contributed by atoms with Crippen molar-refractivity contribution in [2.75, 3.05) is 18.8 Å². The van der Waals surface area contributed by atoms with Crippen molar-refractivity contribution in [2.24, 2.45) is 5.92 Å². The number of anilines is 1. The lowest BCUT2D eigenvalue weighted by Gasteiger charge is -2.11. The molecular formula is C22H28N6OS. The Hall–Kier alpha value is -2.58. The number of aromatic nitrogens is 4. The third-order valence-electron chi connectivity index (χ3n) is 4.95. The Bertz CT molecular complexity index is 1160. The van der Waals surface area contributed by atoms with Crippen molar-refractivity contribution < 1.29 is 4.42 Å². The van der Waals surface area contributed by atoms with Crippen LogP contribution in [-0.2, 0) is 6.54 Å². The summed E-state index contributed by atoms with van der Waals surface area (Å²) in [5, 5.41) is 6.31. The Morgan fingerprint density at radius 3 is 2.73 bits per heavy atom. The zero-order valence-electron chi connectivity index (χ0n) is 17.8. The molecule has 158 valence electrons. The number of nitrogens with zero attached hydrogens (tertiary/aromatic N) is 4. The molecule has 3 aromatic heterocycles. The van der Waals surface area contributed by atoms with E-state index < -0.39 is 0 Å². The van der Waals surface area contributed by atoms with Crippen LogP contribution in [0.5, 0.6) is 0 Å². The molecule has 8 heteroatoms. The maximum atomic E-state index is 6.23. The summed E-state index contributed by atoms with van der Waals surface area (Å²) in [6, 6.07) is 8.16. The van der Waals surface area contributed by atoms with Crippen LogP contribution < -0.4 is 11.1 Å². The predicted molar refractivity (Wildman–Crippen MR) is 122 cm³/mol. The molecule has 0 radical (unpaired) electrons. The number of nitrogens with two attached hydrogens (primary N) is 1. The largest absolute Gasteiger partial charge is 0.449 e. The van der Waals surface area contributed by atoms with E-state index in [1.54, 1.807) is 0 Å². The van der Waals surface area contributed by atoms with Gasteiger partial charge in [0.2, 0.25) is 0 Å². The van der Waals surface area contributed by atoms with Gasteiger partial charge in [-0.15, -0.1) is 0 Å². The minimum Gasteiger partial charge on any atom is -0.449 e. The van der Waals surface area contributed by atoms with Crippen LogP contribution in [-0.4, -0.2) is 32.6 Å². The van der Waals surface area contributed by atoms with Gasteiger partial charge in [-0.3, -0.25) is 0 Å². The molecule has 0 saturated heterocycles. The second-order valence-electron chi connectivity index (χ2n) is 8.13. The molecule has 3 heterocycles. The Morgan fingerprint density at radius 1 is 1.17 bits per heavy atom. The lowest BCUT2D eigenvalue weighted by molar-refractivity contribution is 0.497. The van der Waals surface area contributed by atoms with Gasteiger partial charge in [0, 0.05) is 24.0 Å². The zero-order chi connectivity index (χ0) is 21.3. The first-order valence-corrected chi connectivity index (χ1v) is 11.1. The number of hydrogen-bond acceptors (Lipinski definition) is 7. The molecule has 0 unspecified atom stereocenters. The van der Waals surface area contributed by atoms with E-state index in [2.05, 4.69) is 53.6 Å². The first-order chi connectivity index (χ1) is 14.5. The molecule has 0 saturated carbocycles. The Balaban J connectivity index is 1.73. The SMILES string of the molecule is CC(C)CNCCn1c(Sc2oc3ccccc3c2C(C)C)nc2c(N)ncnc21. The summed E-state index contributed by atoms with van der Waals surface area (Å²) >= 11 is 1.53. The summed E-state index contributed by atoms with van der Waals surface area (Å²) < 4.78 is 8.33. The van der Waals surface area contributed by atoms with Gasteiger partial charge in [0.25, 0.3) is 0 Å². The van der Waals surface area contributed by atoms with E-state index in [-0.39, 0.29) is 0 Å². The van der Waals surface area contributed by atoms with Crippen molar-refractivity contribution in [3.63, 3.8) is 0 Å². The van der Waals surface area contributed by atoms with Crippen molar-refractivity contribution >= 4 is 39.7 Å². The smallest absolute Gasteiger partial charge is 0.178 e. The number of imidazole rings is 1. The number of nitrogens with one attached hydrogen (secondary N) is 1. The summed E-state index contributed by atoms with van der Waals surface area (Å²) in [6.07, 6.45) is 1.49. The molecule has 1 aromatic carbocycles. The minimum atomic E-state index is 0.326. The van der Waals surface area contributed by atoms with Gasteiger partial charge in [0.05, 0.1) is 0 Å². The van der Waals surface area contributed by atoms with Crippen LogP contribution in [0, 0.1) is 5.92 Å². The highest BCUT2D eigenvalue weighted by Crippen LogP contribution is 2.41. The first kappa shape index (κ1) is 20.7. The molecule has 30 heavy (non-hydrogen) atoms. The highest BCUT2D eigenvalue weighted by atomic mass is 32.2. The molecule has 0 fully saturated rings. The maximum Gasteiger partial charge on any atom is 0.178 e. The number of furan rings is 1. The highest BCUT2D eigenvalue weighted by Gasteiger charge is 2.22. The summed E-state index contributed by atoms with van der Waals surface area (Å²) in [4.78, 5) is 13.3. The molecule has 3 N–H and O–H groups in total. The number of fused-ring (bicyclic) bond motifs is 2. The van der Waals surface area contributed by atoms with Crippen LogP contribution in [0.4, 0.5) is 5.82 Å². The fourth-order valence-corrected chi connectivity index (χ4v) is 4.72. The second-order valence-corrected chi connectivity index (χ2v) is 9.07. The average Bonchev–Trinajstić information content (AvgIpc) is 3.24. The lowest BCUT2D eigenvalue weighted by Crippen LogP contribution is -2.24. The van der Waals surface area contributed by atoms with Crippen molar-refractivity contribution in [3.05, 3.63) is 36.2 Å². The van der Waals surface area contributed by atoms with Crippen LogP contribution in [0.15, 0.2) is 45.3 Å². The van der Waals surface area contributed by atoms with E-state index in [1.807, 2.05) is 18.2 Å². The third-order valence-corrected chi connectivity index (χ3v) is 5.93. The number of benzene rings is 1. The summed E-state index contributed by atoms with van der Waals surface area (Å²) in [6.45, 7) is 11.3. The molecule has 0 aliphatic carbocycles. The van der Waals surface area contributed by atoms with E-state index in [1.165, 1.54) is 23.7 Å². The summed E-state index contributed by atoms with van der Waals surface area (Å²) in [5.41, 5.74) is 9.56. The van der Waals surface area contributed by atoms with Crippen molar-refractivity contribution in [2.45, 2.75) is 50.4 Å². The molecule has 7 nitrogen and oxygen atoms in total. The zero-order valence-corrected chi connectivity index (χ0v) is 18.7. The van der Waals surface area contributed by atoms with Gasteiger partial charge in [0.15, 0.2) is 27.2 Å². The standard InChI is InChI=1S/C22H28N6OS/c1-13(2)11-24-9-10-28-20-18(19(23)25-12-26-20)27-22(28)30-21-17(14(3)4)15-7-5-6-8-16(15)29-21/h5-8,12-14,24H,9-11H2,1-4H3,(H2,23,25,26). The van der Waals surface area contributed by atoms with E-state index in [0.29, 0.717) is 23.2 Å². The van der Waals surface area contributed by atoms with Crippen LogP contribution in [0.25, 0.3) is 22.1 Å². The summed E-state index contributed by atoms with van der Waals surface area (Å²) in [5.74, 6) is 1.32. The fourth-order valence-electron chi connectivity index (χ4n) is 3.54. The van der Waals surface area contributed by atoms with Crippen LogP contribution in [0.1, 0.15) is 39.2 Å². The molecule has 4 rings (SSSR count). The maximum absolute atomic E-state index is 6.23. The third kappa shape index (κ3) is 4.02. The van der Waals surface area contributed by atoms with Crippen molar-refractivity contribution in [1.29, 1.82) is 0 Å². The van der Waals surface area contributed by atoms with Crippen molar-refractivity contribution in [3.8, 4) is 0 Å². The topological polar surface area (TPSA) is 94.8 Å². The Labute approximate surface area is 180 Å². The number of nitrogen functional groups attached to an aromatic ring is 1. The van der Waals surface area contributed by atoms with Gasteiger partial charge in [-0.2, -0.15) is 0 Å². The van der Waals surface area contributed by atoms with Gasteiger partial charge in [-0.1, -0.05) is 45.9 Å². The Morgan fingerprint density at radius 2 is 1.97 bits per heavy atom. The first-order valence-electron chi connectivity index (χ1n) is 10.3. The average molecular weight is 425 g/mol. The minimum absolute atomic E-state index is 0.326. The predicted octanol–water partition coefficient (Wildman–Crippen LogP) is 4.67. The highest BCUT2D eigenvalue weighted by molar-refractivity contribution is 7.99. The van der Waals surface area contributed by atoms with E-state index in [4.69, 9.17) is 15.1 Å². The molecule has 0 amide bonds. The molecular weight excluding hydrogens is 396 g/mol. The van der Waals surface area contributed by atoms with Crippen molar-refractivity contribution in [1.82, 2.24) is 24.8 Å². The number of para-hydroxylation sites is 1. The molecule has 0 spiro atoms. The fraction of sp³-hybridized carbons (Fsp3) is 0.409. The van der Waals surface area contributed by atoms with E-state index >= 15 is 0 Å². The second kappa shape index (κ2) is 8.65. The molecule has 0 aliphatic rings. The van der Waals surface area contributed by atoms with Gasteiger partial charge in [-0.25, -0.2) is 15.0 Å². The quantitative estimate of drug-likeness (QED) is 0.397. The number of rotatable bonds is 8.